The average Bonchev–Trinajstić information content (AvgIpc) is 3.94. The fourth-order valence-electron chi connectivity index (χ4n) is 7.52. The van der Waals surface area contributed by atoms with E-state index in [4.69, 9.17) is 35.4 Å². The van der Waals surface area contributed by atoms with Crippen LogP contribution in [0.2, 0.25) is 10.0 Å². The van der Waals surface area contributed by atoms with Gasteiger partial charge in [0.25, 0.3) is 11.8 Å². The molecule has 4 aromatic carbocycles. The summed E-state index contributed by atoms with van der Waals surface area (Å²) in [6.45, 7) is 9.03. The first-order chi connectivity index (χ1) is 34.2. The number of carbonyl (C=O) groups is 2. The second-order valence-electron chi connectivity index (χ2n) is 16.4. The van der Waals surface area contributed by atoms with E-state index in [1.165, 1.54) is 19.6 Å². The van der Waals surface area contributed by atoms with Gasteiger partial charge in [-0.1, -0.05) is 47.5 Å². The summed E-state index contributed by atoms with van der Waals surface area (Å²) in [5, 5.41) is 14.1. The van der Waals surface area contributed by atoms with Crippen LogP contribution in [-0.4, -0.2) is 63.4 Å². The summed E-state index contributed by atoms with van der Waals surface area (Å²) in [4.78, 5) is 41.6. The molecule has 0 bridgehead atoms. The summed E-state index contributed by atoms with van der Waals surface area (Å²) in [7, 11) is 1.77. The molecule has 0 aliphatic rings. The second-order valence-corrected chi connectivity index (χ2v) is 17.2. The Labute approximate surface area is 417 Å². The normalized spacial score (nSPS) is 14.1. The number of alkyl halides is 3. The van der Waals surface area contributed by atoms with Crippen molar-refractivity contribution in [3.05, 3.63) is 147 Å². The molecule has 8 rings (SSSR count). The van der Waals surface area contributed by atoms with Crippen molar-refractivity contribution in [2.45, 2.75) is 85.8 Å². The Balaban J connectivity index is 0.000000214. The van der Waals surface area contributed by atoms with Crippen molar-refractivity contribution < 1.29 is 43.8 Å². The zero-order valence-electron chi connectivity index (χ0n) is 41.4. The lowest BCUT2D eigenvalue weighted by molar-refractivity contribution is -0.143. The highest BCUT2D eigenvalue weighted by molar-refractivity contribution is 6.31. The van der Waals surface area contributed by atoms with Crippen LogP contribution in [0.1, 0.15) is 81.9 Å². The Bertz CT molecular complexity index is 3410. The number of nitrogens with one attached hydrogen (secondary N) is 2. The van der Waals surface area contributed by atoms with Crippen LogP contribution in [0, 0.1) is 32.4 Å². The first kappa shape index (κ1) is 48.8. The maximum atomic E-state index is 14.2. The second kappa shape index (κ2) is 21.4. The van der Waals surface area contributed by atoms with Gasteiger partial charge in [0.05, 0.1) is 30.5 Å². The van der Waals surface area contributed by atoms with E-state index in [2.05, 4.69) is 35.5 Å². The Hall–Kier alpha value is -7.25. The third kappa shape index (κ3) is 11.7. The minimum atomic E-state index is -3.73. The van der Waals surface area contributed by atoms with Gasteiger partial charge in [-0.15, -0.1) is 0 Å². The predicted molar refractivity (Wildman–Crippen MR) is 258 cm³/mol. The maximum Gasteiger partial charge on any atom is 0.321 e. The van der Waals surface area contributed by atoms with Crippen LogP contribution in [0.4, 0.5) is 22.0 Å². The average molecular weight is 1020 g/mol. The first-order valence-corrected chi connectivity index (χ1v) is 22.4. The fraction of sp³-hybridized carbons (Fsp3) is 0.280. The van der Waals surface area contributed by atoms with E-state index in [-0.39, 0.29) is 45.5 Å². The van der Waals surface area contributed by atoms with Gasteiger partial charge in [-0.2, -0.15) is 19.0 Å². The van der Waals surface area contributed by atoms with Gasteiger partial charge in [-0.3, -0.25) is 9.59 Å². The van der Waals surface area contributed by atoms with Crippen LogP contribution in [0.15, 0.2) is 85.5 Å². The lowest BCUT2D eigenvalue weighted by Gasteiger charge is -2.21. The first-order valence-electron chi connectivity index (χ1n) is 22.7. The van der Waals surface area contributed by atoms with Gasteiger partial charge >= 0.3 is 5.92 Å². The number of fused-ring (bicyclic) bond motifs is 2. The summed E-state index contributed by atoms with van der Waals surface area (Å²) in [5.74, 6) is -5.78. The van der Waals surface area contributed by atoms with Crippen LogP contribution in [-0.2, 0) is 29.9 Å². The van der Waals surface area contributed by atoms with Gasteiger partial charge in [0.1, 0.15) is 65.9 Å². The molecule has 14 nitrogen and oxygen atoms in total. The molecule has 0 aliphatic carbocycles. The molecular formula is C50H47Cl2F5N10O4. The molecule has 2 N–H and O–H groups in total. The molecule has 0 saturated heterocycles. The highest BCUT2D eigenvalue weighted by atomic mass is 35.5. The zero-order chi connectivity index (χ0) is 53.3. The molecule has 0 radical (unpaired) electrons. The van der Waals surface area contributed by atoms with Crippen LogP contribution in [0.5, 0.6) is 11.5 Å². The molecule has 0 saturated carbocycles. The number of benzene rings is 4. The number of pyridine rings is 2. The Morgan fingerprint density at radius 3 is 1.79 bits per heavy atom. The van der Waals surface area contributed by atoms with Gasteiger partial charge in [-0.05, 0) is 101 Å². The van der Waals surface area contributed by atoms with Gasteiger partial charge in [0, 0.05) is 52.8 Å². The Morgan fingerprint density at radius 2 is 1.28 bits per heavy atom. The molecule has 3 atom stereocenters. The number of aryl methyl sites for hydroxylation is 4. The van der Waals surface area contributed by atoms with Gasteiger partial charge < -0.3 is 20.1 Å². The van der Waals surface area contributed by atoms with Crippen molar-refractivity contribution in [2.24, 2.45) is 7.05 Å². The third-order valence-corrected chi connectivity index (χ3v) is 11.7. The summed E-state index contributed by atoms with van der Waals surface area (Å²) >= 11 is 12.6. The molecule has 4 heterocycles. The van der Waals surface area contributed by atoms with E-state index in [1.54, 1.807) is 40.7 Å². The molecule has 4 aromatic heterocycles. The number of nitrogens with zero attached hydrogens (tertiary/aromatic N) is 8. The number of amides is 2. The third-order valence-electron chi connectivity index (χ3n) is 11.0. The van der Waals surface area contributed by atoms with Gasteiger partial charge in [-0.25, -0.2) is 42.5 Å². The molecular weight excluding hydrogens is 971 g/mol. The summed E-state index contributed by atoms with van der Waals surface area (Å²) in [6, 6.07) is 14.7. The van der Waals surface area contributed by atoms with E-state index >= 15 is 0 Å². The Kier molecular flexibility index (Phi) is 14.7. The number of ether oxygens (including phenoxy) is 2. The molecule has 71 heavy (non-hydrogen) atoms. The molecule has 21 heteroatoms. The maximum absolute atomic E-state index is 14.2. The molecule has 0 aliphatic heterocycles. The molecule has 0 spiro atoms. The van der Waals surface area contributed by atoms with E-state index in [1.807, 2.05) is 50.4 Å². The van der Waals surface area contributed by atoms with Crippen molar-refractivity contribution in [3.8, 4) is 28.6 Å². The molecule has 2 amide bonds. The predicted octanol–water partition coefficient (Wildman–Crippen LogP) is 10.9. The van der Waals surface area contributed by atoms with E-state index in [9.17, 15) is 31.5 Å². The van der Waals surface area contributed by atoms with Gasteiger partial charge in [0.15, 0.2) is 12.0 Å². The highest BCUT2D eigenvalue weighted by Crippen LogP contribution is 2.36. The monoisotopic (exact) mass is 1020 g/mol. The van der Waals surface area contributed by atoms with Crippen LogP contribution >= 0.6 is 23.2 Å². The number of carbonyl (C=O) groups excluding carboxylic acids is 2. The van der Waals surface area contributed by atoms with Crippen LogP contribution < -0.4 is 20.1 Å². The highest BCUT2D eigenvalue weighted by Gasteiger charge is 2.34. The zero-order valence-corrected chi connectivity index (χ0v) is 40.9. The van der Waals surface area contributed by atoms with Crippen molar-refractivity contribution >= 4 is 56.8 Å². The SMILES string of the molecule is [2H][C@@](C)(NC(=O)C(C)(F)F)c1cc(F)cc(Cl)c1COc1cccc2c(-c3ncnn3C)cc(C)nc12.[2H][C@@](C)(NC(=O)[C@@H](C)F)c1cc(F)cc(Cl)c1COc1cccc2c(-n3ncnc3C)cc(C)nc12. The summed E-state index contributed by atoms with van der Waals surface area (Å²) in [6.07, 6.45) is 1.07. The lowest BCUT2D eigenvalue weighted by atomic mass is 10.0. The minimum Gasteiger partial charge on any atom is -0.487 e. The molecule has 8 aromatic rings. The van der Waals surface area contributed by atoms with Gasteiger partial charge in [0.2, 0.25) is 0 Å². The van der Waals surface area contributed by atoms with Crippen molar-refractivity contribution in [1.82, 2.24) is 50.1 Å². The number of rotatable bonds is 14. The number of aromatic nitrogens is 8. The standard InChI is InChI=1S/C25H23ClF3N5O2.C25H24ClF2N5O2/c1-13-8-18(23-30-12-31-34(23)4)16-6-5-7-21(22(16)32-13)36-11-19-17(9-15(27)10-20(19)26)14(2)33-24(35)25(3,28)29;1-13-8-22(33-16(4)29-12-30-33)18-6-5-7-23(24(18)31-13)35-11-20-19(9-17(28)10-21(20)26)15(3)32-25(34)14(2)27/h5-10,12,14H,11H2,1-4H3,(H,33,35);5-10,12,14-15H,11H2,1-4H3,(H,32,34)/t14-;14-,15+/m01/s1/i14D;15D. The lowest BCUT2D eigenvalue weighted by Crippen LogP contribution is -2.39. The molecule has 370 valence electrons. The quantitative estimate of drug-likeness (QED) is 0.100. The van der Waals surface area contributed by atoms with Crippen LogP contribution in [0.3, 0.4) is 0 Å². The van der Waals surface area contributed by atoms with Crippen molar-refractivity contribution in [1.29, 1.82) is 0 Å². The number of halogens is 7. The van der Waals surface area contributed by atoms with Crippen molar-refractivity contribution in [2.75, 3.05) is 0 Å². The summed E-state index contributed by atoms with van der Waals surface area (Å²) < 4.78 is 102. The van der Waals surface area contributed by atoms with E-state index in [0.717, 1.165) is 65.8 Å². The van der Waals surface area contributed by atoms with Crippen LogP contribution in [0.25, 0.3) is 38.9 Å². The smallest absolute Gasteiger partial charge is 0.321 e. The summed E-state index contributed by atoms with van der Waals surface area (Å²) in [5.41, 5.74) is 4.43. The molecule has 0 fully saturated rings. The van der Waals surface area contributed by atoms with Crippen molar-refractivity contribution in [3.63, 3.8) is 0 Å². The number of hydrogen-bond acceptors (Lipinski definition) is 10. The van der Waals surface area contributed by atoms with E-state index in [0.29, 0.717) is 46.8 Å². The number of hydrogen-bond donors (Lipinski definition) is 2. The minimum absolute atomic E-state index is 0.00864. The fourth-order valence-corrected chi connectivity index (χ4v) is 8.04. The largest absolute Gasteiger partial charge is 0.487 e. The number of para-hydroxylation sites is 2. The molecule has 0 unspecified atom stereocenters. The Morgan fingerprint density at radius 1 is 0.761 bits per heavy atom. The topological polar surface area (TPSA) is 164 Å². The van der Waals surface area contributed by atoms with E-state index < -0.39 is 47.6 Å².